The van der Waals surface area contributed by atoms with E-state index in [1.54, 1.807) is 24.4 Å². The van der Waals surface area contributed by atoms with Gasteiger partial charge in [0.05, 0.1) is 12.5 Å². The van der Waals surface area contributed by atoms with E-state index in [0.717, 1.165) is 23.4 Å². The zero-order valence-corrected chi connectivity index (χ0v) is 16.0. The number of pyridine rings is 1. The molecular formula is C23H24FN3O2. The van der Waals surface area contributed by atoms with Crippen LogP contribution in [0.2, 0.25) is 0 Å². The molecule has 1 amide bonds. The fourth-order valence-corrected chi connectivity index (χ4v) is 2.95. The number of halogens is 1. The molecule has 5 nitrogen and oxygen atoms in total. The molecule has 0 saturated heterocycles. The summed E-state index contributed by atoms with van der Waals surface area (Å²) in [6, 6.07) is 19.3. The Morgan fingerprint density at radius 1 is 1.03 bits per heavy atom. The third-order valence-electron chi connectivity index (χ3n) is 4.50. The fraction of sp³-hybridized carbons (Fsp3) is 0.217. The number of rotatable bonds is 9. The first kappa shape index (κ1) is 20.6. The number of nitrogens with zero attached hydrogens (tertiary/aromatic N) is 1. The molecule has 3 rings (SSSR count). The molecule has 2 aromatic carbocycles. The molecule has 3 aromatic rings. The Labute approximate surface area is 169 Å². The van der Waals surface area contributed by atoms with Crippen LogP contribution < -0.4 is 10.6 Å². The van der Waals surface area contributed by atoms with Gasteiger partial charge in [-0.25, -0.2) is 4.39 Å². The second-order valence-electron chi connectivity index (χ2n) is 6.73. The lowest BCUT2D eigenvalue weighted by molar-refractivity contribution is -0.115. The third-order valence-corrected chi connectivity index (χ3v) is 4.50. The Hall–Kier alpha value is -3.09. The first-order valence-corrected chi connectivity index (χ1v) is 9.54. The minimum atomic E-state index is -0.882. The molecule has 1 atom stereocenters. The molecule has 6 heteroatoms. The Bertz CT molecular complexity index is 917. The molecule has 150 valence electrons. The van der Waals surface area contributed by atoms with Crippen molar-refractivity contribution in [2.45, 2.75) is 18.9 Å². The number of carbonyl (C=O) groups excluding carboxylic acids is 1. The summed E-state index contributed by atoms with van der Waals surface area (Å²) in [5.74, 6) is -0.511. The highest BCUT2D eigenvalue weighted by molar-refractivity contribution is 5.91. The second-order valence-corrected chi connectivity index (χ2v) is 6.73. The standard InChI is InChI=1S/C23H24FN3O2/c24-21-7-2-1-6-20(21)22(28)16-25-14-12-17-8-10-18(11-9-17)27-23(29)15-19-5-3-4-13-26-19/h1-11,13,22,25,28H,12,14-16H2,(H,27,29). The van der Waals surface area contributed by atoms with Crippen LogP contribution >= 0.6 is 0 Å². The minimum Gasteiger partial charge on any atom is -0.387 e. The van der Waals surface area contributed by atoms with Crippen LogP contribution in [-0.2, 0) is 17.6 Å². The van der Waals surface area contributed by atoms with Crippen molar-refractivity contribution in [2.75, 3.05) is 18.4 Å². The molecule has 0 aliphatic carbocycles. The van der Waals surface area contributed by atoms with Crippen LogP contribution in [0.25, 0.3) is 0 Å². The van der Waals surface area contributed by atoms with Crippen molar-refractivity contribution in [3.63, 3.8) is 0 Å². The zero-order valence-electron chi connectivity index (χ0n) is 16.0. The first-order chi connectivity index (χ1) is 14.1. The largest absolute Gasteiger partial charge is 0.387 e. The maximum absolute atomic E-state index is 13.6. The number of benzene rings is 2. The van der Waals surface area contributed by atoms with E-state index in [1.807, 2.05) is 42.5 Å². The van der Waals surface area contributed by atoms with Gasteiger partial charge in [-0.3, -0.25) is 9.78 Å². The molecule has 29 heavy (non-hydrogen) atoms. The van der Waals surface area contributed by atoms with Gasteiger partial charge < -0.3 is 15.7 Å². The van der Waals surface area contributed by atoms with Gasteiger partial charge in [0.25, 0.3) is 0 Å². The van der Waals surface area contributed by atoms with Gasteiger partial charge in [0.2, 0.25) is 5.91 Å². The van der Waals surface area contributed by atoms with Crippen LogP contribution in [0.4, 0.5) is 10.1 Å². The number of anilines is 1. The van der Waals surface area contributed by atoms with E-state index in [4.69, 9.17) is 0 Å². The summed E-state index contributed by atoms with van der Waals surface area (Å²) >= 11 is 0. The van der Waals surface area contributed by atoms with Gasteiger partial charge in [0.15, 0.2) is 0 Å². The number of aromatic nitrogens is 1. The molecule has 3 N–H and O–H groups in total. The summed E-state index contributed by atoms with van der Waals surface area (Å²) in [6.07, 6.45) is 1.77. The normalized spacial score (nSPS) is 11.8. The SMILES string of the molecule is O=C(Cc1ccccn1)Nc1ccc(CCNCC(O)c2ccccc2F)cc1. The van der Waals surface area contributed by atoms with Crippen LogP contribution in [0.15, 0.2) is 72.9 Å². The number of hydrogen-bond acceptors (Lipinski definition) is 4. The maximum Gasteiger partial charge on any atom is 0.230 e. The lowest BCUT2D eigenvalue weighted by Crippen LogP contribution is -2.24. The first-order valence-electron chi connectivity index (χ1n) is 9.54. The minimum absolute atomic E-state index is 0.111. The van der Waals surface area contributed by atoms with Crippen LogP contribution in [0.5, 0.6) is 0 Å². The highest BCUT2D eigenvalue weighted by Crippen LogP contribution is 2.15. The van der Waals surface area contributed by atoms with Gasteiger partial charge in [0.1, 0.15) is 5.82 Å². The van der Waals surface area contributed by atoms with Gasteiger partial charge in [-0.1, -0.05) is 36.4 Å². The Morgan fingerprint density at radius 2 is 1.79 bits per heavy atom. The molecule has 1 aromatic heterocycles. The lowest BCUT2D eigenvalue weighted by atomic mass is 10.1. The Morgan fingerprint density at radius 3 is 2.52 bits per heavy atom. The number of carbonyl (C=O) groups is 1. The van der Waals surface area contributed by atoms with Crippen molar-refractivity contribution in [1.82, 2.24) is 10.3 Å². The second kappa shape index (κ2) is 10.5. The zero-order chi connectivity index (χ0) is 20.5. The predicted octanol–water partition coefficient (Wildman–Crippen LogP) is 3.27. The number of aliphatic hydroxyl groups excluding tert-OH is 1. The van der Waals surface area contributed by atoms with E-state index in [9.17, 15) is 14.3 Å². The number of nitrogens with one attached hydrogen (secondary N) is 2. The Kier molecular flexibility index (Phi) is 7.44. The summed E-state index contributed by atoms with van der Waals surface area (Å²) in [5.41, 5.74) is 2.86. The number of hydrogen-bond donors (Lipinski definition) is 3. The molecule has 0 bridgehead atoms. The maximum atomic E-state index is 13.6. The van der Waals surface area contributed by atoms with Gasteiger partial charge >= 0.3 is 0 Å². The molecule has 0 fully saturated rings. The van der Waals surface area contributed by atoms with Crippen LogP contribution in [0.3, 0.4) is 0 Å². The Balaban J connectivity index is 1.40. The van der Waals surface area contributed by atoms with Gasteiger partial charge in [-0.15, -0.1) is 0 Å². The van der Waals surface area contributed by atoms with Crippen molar-refractivity contribution in [3.05, 3.63) is 95.6 Å². The summed E-state index contributed by atoms with van der Waals surface area (Å²) in [4.78, 5) is 16.2. The third kappa shape index (κ3) is 6.48. The van der Waals surface area contributed by atoms with Gasteiger partial charge in [-0.2, -0.15) is 0 Å². The summed E-state index contributed by atoms with van der Waals surface area (Å²) in [5, 5.41) is 16.1. The summed E-state index contributed by atoms with van der Waals surface area (Å²) in [7, 11) is 0. The van der Waals surface area contributed by atoms with Crippen molar-refractivity contribution < 1.29 is 14.3 Å². The van der Waals surface area contributed by atoms with E-state index in [-0.39, 0.29) is 18.9 Å². The quantitative estimate of drug-likeness (QED) is 0.488. The topological polar surface area (TPSA) is 74.2 Å². The molecule has 0 spiro atoms. The fourth-order valence-electron chi connectivity index (χ4n) is 2.95. The highest BCUT2D eigenvalue weighted by atomic mass is 19.1. The number of aliphatic hydroxyl groups is 1. The average Bonchev–Trinajstić information content (AvgIpc) is 2.73. The van der Waals surface area contributed by atoms with Crippen LogP contribution in [0.1, 0.15) is 22.9 Å². The molecule has 0 radical (unpaired) electrons. The van der Waals surface area contributed by atoms with E-state index >= 15 is 0 Å². The lowest BCUT2D eigenvalue weighted by Gasteiger charge is -2.13. The van der Waals surface area contributed by atoms with Crippen molar-refractivity contribution in [3.8, 4) is 0 Å². The van der Waals surface area contributed by atoms with E-state index in [0.29, 0.717) is 12.1 Å². The van der Waals surface area contributed by atoms with Crippen molar-refractivity contribution in [1.29, 1.82) is 0 Å². The van der Waals surface area contributed by atoms with Crippen molar-refractivity contribution in [2.24, 2.45) is 0 Å². The predicted molar refractivity (Wildman–Crippen MR) is 111 cm³/mol. The van der Waals surface area contributed by atoms with Crippen LogP contribution in [-0.4, -0.2) is 29.1 Å². The van der Waals surface area contributed by atoms with Gasteiger partial charge in [0, 0.05) is 29.7 Å². The molecule has 0 saturated carbocycles. The van der Waals surface area contributed by atoms with Crippen LogP contribution in [0, 0.1) is 5.82 Å². The van der Waals surface area contributed by atoms with Crippen molar-refractivity contribution >= 4 is 11.6 Å². The molecular weight excluding hydrogens is 369 g/mol. The molecule has 1 unspecified atom stereocenters. The average molecular weight is 393 g/mol. The smallest absolute Gasteiger partial charge is 0.230 e. The highest BCUT2D eigenvalue weighted by Gasteiger charge is 2.11. The molecule has 0 aliphatic rings. The van der Waals surface area contributed by atoms with E-state index in [1.165, 1.54) is 6.07 Å². The number of amides is 1. The van der Waals surface area contributed by atoms with E-state index < -0.39 is 11.9 Å². The molecule has 1 heterocycles. The summed E-state index contributed by atoms with van der Waals surface area (Å²) in [6.45, 7) is 0.930. The monoisotopic (exact) mass is 393 g/mol. The molecule has 0 aliphatic heterocycles. The van der Waals surface area contributed by atoms with Gasteiger partial charge in [-0.05, 0) is 48.9 Å². The van der Waals surface area contributed by atoms with E-state index in [2.05, 4.69) is 15.6 Å². The summed E-state index contributed by atoms with van der Waals surface area (Å²) < 4.78 is 13.6.